The van der Waals surface area contributed by atoms with Crippen molar-refractivity contribution >= 4 is 10.0 Å². The quantitative estimate of drug-likeness (QED) is 0.850. The Kier molecular flexibility index (Phi) is 4.54. The van der Waals surface area contributed by atoms with E-state index in [0.29, 0.717) is 5.69 Å². The third-order valence-corrected chi connectivity index (χ3v) is 5.19. The second-order valence-electron chi connectivity index (χ2n) is 4.77. The Balaban J connectivity index is 2.08. The normalized spacial score (nSPS) is 24.6. The number of nitrogens with zero attached hydrogens (tertiary/aromatic N) is 3. The van der Waals surface area contributed by atoms with Gasteiger partial charge in [0, 0.05) is 26.1 Å². The van der Waals surface area contributed by atoms with Gasteiger partial charge < -0.3 is 4.74 Å². The van der Waals surface area contributed by atoms with Crippen LogP contribution < -0.4 is 0 Å². The molecule has 21 heavy (non-hydrogen) atoms. The zero-order valence-corrected chi connectivity index (χ0v) is 12.0. The van der Waals surface area contributed by atoms with E-state index < -0.39 is 34.5 Å². The first-order valence-corrected chi connectivity index (χ1v) is 7.77. The second-order valence-corrected chi connectivity index (χ2v) is 6.86. The van der Waals surface area contributed by atoms with Gasteiger partial charge in [-0.2, -0.15) is 32.9 Å². The molecule has 1 aromatic rings. The van der Waals surface area contributed by atoms with E-state index in [1.54, 1.807) is 0 Å². The number of aromatic amines is 1. The van der Waals surface area contributed by atoms with Crippen LogP contribution in [0, 0.1) is 0 Å². The van der Waals surface area contributed by atoms with Crippen molar-refractivity contribution in [3.8, 4) is 0 Å². The Labute approximate surface area is 119 Å². The molecule has 1 N–H and O–H groups in total. The maximum atomic E-state index is 12.2. The number of hydrogen-bond acceptors (Lipinski definition) is 5. The summed E-state index contributed by atoms with van der Waals surface area (Å²) in [5.41, 5.74) is 0.523. The van der Waals surface area contributed by atoms with Gasteiger partial charge in [-0.1, -0.05) is 0 Å². The highest BCUT2D eigenvalue weighted by molar-refractivity contribution is 7.89. The highest BCUT2D eigenvalue weighted by atomic mass is 32.2. The number of rotatable bonds is 5. The monoisotopic (exact) mass is 328 g/mol. The molecule has 0 bridgehead atoms. The van der Waals surface area contributed by atoms with E-state index in [-0.39, 0.29) is 19.0 Å². The van der Waals surface area contributed by atoms with Gasteiger partial charge in [0.1, 0.15) is 0 Å². The Morgan fingerprint density at radius 2 is 2.19 bits per heavy atom. The molecule has 120 valence electrons. The lowest BCUT2D eigenvalue weighted by Crippen LogP contribution is -2.33. The van der Waals surface area contributed by atoms with E-state index in [4.69, 9.17) is 4.74 Å². The van der Waals surface area contributed by atoms with Crippen LogP contribution in [0.1, 0.15) is 18.0 Å². The second kappa shape index (κ2) is 5.89. The van der Waals surface area contributed by atoms with Gasteiger partial charge in [-0.05, 0) is 0 Å². The van der Waals surface area contributed by atoms with Gasteiger partial charge >= 0.3 is 6.18 Å². The van der Waals surface area contributed by atoms with Crippen LogP contribution >= 0.6 is 0 Å². The molecule has 2 rings (SSSR count). The number of nitrogens with one attached hydrogen (secondary N) is 1. The predicted molar refractivity (Wildman–Crippen MR) is 66.0 cm³/mol. The third kappa shape index (κ3) is 3.92. The highest BCUT2D eigenvalue weighted by Gasteiger charge is 2.42. The van der Waals surface area contributed by atoms with Crippen LogP contribution in [-0.4, -0.2) is 66.4 Å². The minimum atomic E-state index is -4.50. The van der Waals surface area contributed by atoms with Gasteiger partial charge in [0.25, 0.3) is 0 Å². The lowest BCUT2D eigenvalue weighted by atomic mass is 10.0. The van der Waals surface area contributed by atoms with Gasteiger partial charge in [-0.3, -0.25) is 0 Å². The summed E-state index contributed by atoms with van der Waals surface area (Å²) in [6.45, 7) is 0.0411. The number of sulfonamides is 1. The molecule has 1 saturated heterocycles. The Morgan fingerprint density at radius 3 is 2.71 bits per heavy atom. The highest BCUT2D eigenvalue weighted by Crippen LogP contribution is 2.30. The third-order valence-electron chi connectivity index (χ3n) is 3.39. The lowest BCUT2D eigenvalue weighted by Gasteiger charge is -2.16. The molecule has 0 spiro atoms. The van der Waals surface area contributed by atoms with Crippen LogP contribution in [0.25, 0.3) is 0 Å². The fraction of sp³-hybridized carbons (Fsp3) is 0.800. The van der Waals surface area contributed by atoms with Crippen molar-refractivity contribution < 1.29 is 26.3 Å². The molecule has 1 aromatic heterocycles. The molecular formula is C10H15F3N4O3S. The molecule has 0 radical (unpaired) electrons. The topological polar surface area (TPSA) is 88.2 Å². The Bertz CT molecular complexity index is 561. The van der Waals surface area contributed by atoms with Gasteiger partial charge in [0.2, 0.25) is 10.0 Å². The van der Waals surface area contributed by atoms with Crippen LogP contribution in [0.3, 0.4) is 0 Å². The first-order valence-electron chi connectivity index (χ1n) is 6.16. The summed E-state index contributed by atoms with van der Waals surface area (Å²) in [7, 11) is -2.57. The van der Waals surface area contributed by atoms with Crippen LogP contribution in [0.5, 0.6) is 0 Å². The van der Waals surface area contributed by atoms with Crippen molar-refractivity contribution in [2.24, 2.45) is 0 Å². The van der Waals surface area contributed by atoms with E-state index in [0.717, 1.165) is 4.31 Å². The fourth-order valence-corrected chi connectivity index (χ4v) is 3.76. The van der Waals surface area contributed by atoms with Gasteiger partial charge in [0.05, 0.1) is 30.2 Å². The van der Waals surface area contributed by atoms with Gasteiger partial charge in [-0.15, -0.1) is 0 Å². The minimum Gasteiger partial charge on any atom is -0.379 e. The number of ether oxygens (including phenoxy) is 1. The van der Waals surface area contributed by atoms with E-state index in [1.165, 1.54) is 13.3 Å². The zero-order chi connectivity index (χ0) is 15.7. The van der Waals surface area contributed by atoms with E-state index in [9.17, 15) is 21.6 Å². The van der Waals surface area contributed by atoms with Crippen molar-refractivity contribution in [1.29, 1.82) is 0 Å². The van der Waals surface area contributed by atoms with Crippen molar-refractivity contribution in [1.82, 2.24) is 19.7 Å². The van der Waals surface area contributed by atoms with Crippen LogP contribution in [0.4, 0.5) is 13.2 Å². The summed E-state index contributed by atoms with van der Waals surface area (Å²) in [6, 6.07) is 0. The van der Waals surface area contributed by atoms with Crippen LogP contribution in [0.15, 0.2) is 6.20 Å². The van der Waals surface area contributed by atoms with Crippen LogP contribution in [0.2, 0.25) is 0 Å². The number of hydrogen-bond donors (Lipinski definition) is 1. The molecule has 7 nitrogen and oxygen atoms in total. The first kappa shape index (κ1) is 16.2. The standard InChI is InChI=1S/C10H15F3N4O3S/c1-20-9-6-17(5-7(9)8-4-14-16-15-8)21(18,19)3-2-10(11,12)13/h4,7,9H,2-3,5-6H2,1H3,(H,14,15,16)/t7-,9+/m0/s1. The lowest BCUT2D eigenvalue weighted by molar-refractivity contribution is -0.130. The van der Waals surface area contributed by atoms with E-state index >= 15 is 0 Å². The molecule has 2 atom stereocenters. The molecule has 0 aromatic carbocycles. The van der Waals surface area contributed by atoms with Gasteiger partial charge in [-0.25, -0.2) is 8.42 Å². The smallest absolute Gasteiger partial charge is 0.379 e. The number of halogens is 3. The molecule has 1 fully saturated rings. The van der Waals surface area contributed by atoms with Crippen molar-refractivity contribution in [2.45, 2.75) is 24.6 Å². The number of alkyl halides is 3. The molecular weight excluding hydrogens is 313 g/mol. The number of aromatic nitrogens is 3. The summed E-state index contributed by atoms with van der Waals surface area (Å²) in [5, 5.41) is 9.94. The molecule has 0 saturated carbocycles. The molecule has 1 aliphatic rings. The summed E-state index contributed by atoms with van der Waals surface area (Å²) in [5.74, 6) is -1.31. The SMILES string of the molecule is CO[C@@H]1CN(S(=O)(=O)CCC(F)(F)F)C[C@H]1c1cn[nH]n1. The maximum Gasteiger partial charge on any atom is 0.390 e. The van der Waals surface area contributed by atoms with E-state index in [1.807, 2.05) is 0 Å². The minimum absolute atomic E-state index is 0.00815. The molecule has 11 heteroatoms. The predicted octanol–water partition coefficient (Wildman–Crippen LogP) is 0.501. The number of H-pyrrole nitrogens is 1. The Hall–Kier alpha value is -1.20. The molecule has 1 aliphatic heterocycles. The summed E-state index contributed by atoms with van der Waals surface area (Å²) in [6.07, 6.45) is -4.88. The average molecular weight is 328 g/mol. The summed E-state index contributed by atoms with van der Waals surface area (Å²) < 4.78 is 66.8. The first-order chi connectivity index (χ1) is 9.73. The molecule has 0 aliphatic carbocycles. The largest absolute Gasteiger partial charge is 0.390 e. The van der Waals surface area contributed by atoms with Gasteiger partial charge in [0.15, 0.2) is 0 Å². The zero-order valence-electron chi connectivity index (χ0n) is 11.2. The van der Waals surface area contributed by atoms with Crippen molar-refractivity contribution in [2.75, 3.05) is 26.0 Å². The van der Waals surface area contributed by atoms with E-state index in [2.05, 4.69) is 15.4 Å². The fourth-order valence-electron chi connectivity index (χ4n) is 2.25. The summed E-state index contributed by atoms with van der Waals surface area (Å²) in [4.78, 5) is 0. The van der Waals surface area contributed by atoms with Crippen molar-refractivity contribution in [3.05, 3.63) is 11.9 Å². The maximum absolute atomic E-state index is 12.2. The van der Waals surface area contributed by atoms with Crippen molar-refractivity contribution in [3.63, 3.8) is 0 Å². The molecule has 0 amide bonds. The van der Waals surface area contributed by atoms with Crippen LogP contribution in [-0.2, 0) is 14.8 Å². The Morgan fingerprint density at radius 1 is 1.48 bits per heavy atom. The molecule has 2 heterocycles. The number of methoxy groups -OCH3 is 1. The average Bonchev–Trinajstić information content (AvgIpc) is 3.04. The molecule has 0 unspecified atom stereocenters. The summed E-state index contributed by atoms with van der Waals surface area (Å²) >= 11 is 0.